The first kappa shape index (κ1) is 27.7. The molecule has 0 aliphatic carbocycles. The molecule has 0 aliphatic rings. The lowest BCUT2D eigenvalue weighted by Gasteiger charge is -2.14. The van der Waals surface area contributed by atoms with Gasteiger partial charge in [0.2, 0.25) is 0 Å². The van der Waals surface area contributed by atoms with Crippen LogP contribution in [0.15, 0.2) is 30.5 Å². The van der Waals surface area contributed by atoms with E-state index < -0.39 is 12.1 Å². The van der Waals surface area contributed by atoms with Crippen LogP contribution in [0.1, 0.15) is 10.4 Å². The summed E-state index contributed by atoms with van der Waals surface area (Å²) < 4.78 is 39.9. The smallest absolute Gasteiger partial charge is 0.490 e. The van der Waals surface area contributed by atoms with Crippen LogP contribution in [0.4, 0.5) is 18.9 Å². The van der Waals surface area contributed by atoms with E-state index in [2.05, 4.69) is 10.4 Å². The van der Waals surface area contributed by atoms with Crippen LogP contribution in [0.3, 0.4) is 0 Å². The number of carboxylic acid groups (broad SMARTS) is 1. The maximum atomic E-state index is 12.5. The summed E-state index contributed by atoms with van der Waals surface area (Å²) >= 11 is 19.4. The molecule has 3 rings (SSSR count). The highest BCUT2D eigenvalue weighted by Crippen LogP contribution is 2.37. The third-order valence-electron chi connectivity index (χ3n) is 3.91. The maximum absolute atomic E-state index is 12.5. The second kappa shape index (κ2) is 11.8. The van der Waals surface area contributed by atoms with E-state index in [1.165, 1.54) is 6.07 Å². The number of halogens is 6. The van der Waals surface area contributed by atoms with E-state index in [0.29, 0.717) is 55.1 Å². The standard InChI is InChI=1S/C17H15Cl3N4O2S.C2HF3O2/c1-24-15(12(18)8-22-24)10-6-9(2-3-13(10)26-5-4-21)23-17(25)11-7-14(19)27-16(11)20;3-2(4,5)1(6)7/h2-3,6-8H,4-5,21H2,1H3,(H,23,25);(H,6,7). The number of carbonyl (C=O) groups excluding carboxylic acids is 1. The van der Waals surface area contributed by atoms with E-state index >= 15 is 0 Å². The lowest BCUT2D eigenvalue weighted by atomic mass is 10.1. The average Bonchev–Trinajstić information content (AvgIpc) is 3.26. The quantitative estimate of drug-likeness (QED) is 0.375. The van der Waals surface area contributed by atoms with Crippen LogP contribution in [0.2, 0.25) is 13.7 Å². The van der Waals surface area contributed by atoms with Crippen LogP contribution in [0.25, 0.3) is 11.3 Å². The van der Waals surface area contributed by atoms with E-state index in [1.807, 2.05) is 0 Å². The van der Waals surface area contributed by atoms with Gasteiger partial charge in [0.15, 0.2) is 0 Å². The molecule has 0 saturated heterocycles. The predicted molar refractivity (Wildman–Crippen MR) is 124 cm³/mol. The molecule has 15 heteroatoms. The molecule has 8 nitrogen and oxygen atoms in total. The summed E-state index contributed by atoms with van der Waals surface area (Å²) in [6, 6.07) is 6.75. The highest BCUT2D eigenvalue weighted by molar-refractivity contribution is 7.20. The van der Waals surface area contributed by atoms with Crippen molar-refractivity contribution >= 4 is 63.7 Å². The Labute approximate surface area is 210 Å². The predicted octanol–water partition coefficient (Wildman–Crippen LogP) is 5.33. The third kappa shape index (κ3) is 7.24. The van der Waals surface area contributed by atoms with Crippen molar-refractivity contribution in [3.05, 3.63) is 49.7 Å². The molecule has 0 saturated carbocycles. The zero-order valence-electron chi connectivity index (χ0n) is 17.1. The van der Waals surface area contributed by atoms with Crippen LogP contribution in [0.5, 0.6) is 5.75 Å². The first-order chi connectivity index (χ1) is 15.8. The average molecular weight is 560 g/mol. The molecule has 0 radical (unpaired) electrons. The van der Waals surface area contributed by atoms with Gasteiger partial charge in [-0.15, -0.1) is 11.3 Å². The molecule has 2 aromatic heterocycles. The van der Waals surface area contributed by atoms with Crippen molar-refractivity contribution in [2.24, 2.45) is 12.8 Å². The van der Waals surface area contributed by atoms with Gasteiger partial charge in [0.25, 0.3) is 5.91 Å². The van der Waals surface area contributed by atoms with E-state index in [4.69, 9.17) is 55.2 Å². The monoisotopic (exact) mass is 558 g/mol. The van der Waals surface area contributed by atoms with Gasteiger partial charge < -0.3 is 20.9 Å². The molecule has 184 valence electrons. The number of nitrogens with one attached hydrogen (secondary N) is 1. The van der Waals surface area contributed by atoms with Gasteiger partial charge in [0.05, 0.1) is 26.8 Å². The van der Waals surface area contributed by atoms with Crippen LogP contribution in [-0.2, 0) is 11.8 Å². The van der Waals surface area contributed by atoms with Gasteiger partial charge in [-0.05, 0) is 24.3 Å². The van der Waals surface area contributed by atoms with E-state index in [0.717, 1.165) is 11.3 Å². The van der Waals surface area contributed by atoms with Crippen molar-refractivity contribution in [1.82, 2.24) is 9.78 Å². The SMILES string of the molecule is Cn1ncc(Cl)c1-c1cc(NC(=O)c2cc(Cl)sc2Cl)ccc1OCCN.O=C(O)C(F)(F)F. The Bertz CT molecular complexity index is 1160. The summed E-state index contributed by atoms with van der Waals surface area (Å²) in [5, 5.41) is 14.6. The zero-order valence-corrected chi connectivity index (χ0v) is 20.2. The summed E-state index contributed by atoms with van der Waals surface area (Å²) in [4.78, 5) is 21.4. The number of alkyl halides is 3. The lowest BCUT2D eigenvalue weighted by Crippen LogP contribution is -2.21. The number of hydrogen-bond donors (Lipinski definition) is 3. The number of thiophene rings is 1. The number of benzene rings is 1. The Morgan fingerprint density at radius 2 is 1.91 bits per heavy atom. The molecule has 0 atom stereocenters. The fourth-order valence-corrected chi connectivity index (χ4v) is 4.22. The van der Waals surface area contributed by atoms with Gasteiger partial charge in [-0.25, -0.2) is 4.79 Å². The Hall–Kier alpha value is -2.51. The highest BCUT2D eigenvalue weighted by Gasteiger charge is 2.38. The summed E-state index contributed by atoms with van der Waals surface area (Å²) in [5.74, 6) is -2.53. The molecule has 0 aliphatic heterocycles. The largest absolute Gasteiger partial charge is 0.492 e. The highest BCUT2D eigenvalue weighted by atomic mass is 35.5. The molecular formula is C19H16Cl3F3N4O4S. The summed E-state index contributed by atoms with van der Waals surface area (Å²) in [5.41, 5.74) is 7.74. The number of ether oxygens (including phenoxy) is 1. The number of amides is 1. The second-order valence-corrected chi connectivity index (χ2v) is 9.00. The number of nitrogens with two attached hydrogens (primary N) is 1. The molecular weight excluding hydrogens is 544 g/mol. The molecule has 1 aromatic carbocycles. The van der Waals surface area contributed by atoms with Crippen molar-refractivity contribution in [3.63, 3.8) is 0 Å². The Morgan fingerprint density at radius 1 is 1.26 bits per heavy atom. The molecule has 1 amide bonds. The van der Waals surface area contributed by atoms with Crippen molar-refractivity contribution in [1.29, 1.82) is 0 Å². The Morgan fingerprint density at radius 3 is 2.38 bits per heavy atom. The number of rotatable bonds is 6. The van der Waals surface area contributed by atoms with Crippen LogP contribution in [-0.4, -0.2) is 46.1 Å². The molecule has 0 unspecified atom stereocenters. The van der Waals surface area contributed by atoms with Gasteiger partial charge >= 0.3 is 12.1 Å². The molecule has 0 bridgehead atoms. The minimum absolute atomic E-state index is 0.315. The van der Waals surface area contributed by atoms with Crippen LogP contribution in [0, 0.1) is 0 Å². The van der Waals surface area contributed by atoms with Crippen molar-refractivity contribution < 1.29 is 32.6 Å². The van der Waals surface area contributed by atoms with Gasteiger partial charge in [-0.2, -0.15) is 18.3 Å². The number of anilines is 1. The van der Waals surface area contributed by atoms with Crippen LogP contribution < -0.4 is 15.8 Å². The molecule has 2 heterocycles. The fraction of sp³-hybridized carbons (Fsp3) is 0.211. The molecule has 4 N–H and O–H groups in total. The first-order valence-corrected chi connectivity index (χ1v) is 11.0. The molecule has 3 aromatic rings. The third-order valence-corrected chi connectivity index (χ3v) is 5.67. The Kier molecular flexibility index (Phi) is 9.59. The first-order valence-electron chi connectivity index (χ1n) is 9.06. The number of hydrogen-bond acceptors (Lipinski definition) is 6. The zero-order chi connectivity index (χ0) is 25.6. The summed E-state index contributed by atoms with van der Waals surface area (Å²) in [6.07, 6.45) is -3.54. The number of carbonyl (C=O) groups is 2. The molecule has 0 spiro atoms. The number of aliphatic carboxylic acids is 1. The normalized spacial score (nSPS) is 10.9. The number of carboxylic acids is 1. The van der Waals surface area contributed by atoms with E-state index in [-0.39, 0.29) is 5.91 Å². The van der Waals surface area contributed by atoms with Crippen molar-refractivity contribution in [2.75, 3.05) is 18.5 Å². The van der Waals surface area contributed by atoms with Gasteiger partial charge in [0.1, 0.15) is 16.7 Å². The molecule has 0 fully saturated rings. The van der Waals surface area contributed by atoms with Crippen molar-refractivity contribution in [2.45, 2.75) is 6.18 Å². The fourth-order valence-electron chi connectivity index (χ4n) is 2.49. The topological polar surface area (TPSA) is 119 Å². The lowest BCUT2D eigenvalue weighted by molar-refractivity contribution is -0.192. The number of aryl methyl sites for hydroxylation is 1. The van der Waals surface area contributed by atoms with Gasteiger partial charge in [-0.1, -0.05) is 34.8 Å². The number of nitrogens with zero attached hydrogens (tertiary/aromatic N) is 2. The maximum Gasteiger partial charge on any atom is 0.490 e. The van der Waals surface area contributed by atoms with Gasteiger partial charge in [0, 0.05) is 24.8 Å². The summed E-state index contributed by atoms with van der Waals surface area (Å²) in [6.45, 7) is 0.714. The van der Waals surface area contributed by atoms with Crippen molar-refractivity contribution in [3.8, 4) is 17.0 Å². The van der Waals surface area contributed by atoms with Crippen LogP contribution >= 0.6 is 46.1 Å². The molecule has 34 heavy (non-hydrogen) atoms. The summed E-state index contributed by atoms with van der Waals surface area (Å²) in [7, 11) is 1.77. The minimum atomic E-state index is -5.08. The van der Waals surface area contributed by atoms with E-state index in [1.54, 1.807) is 36.1 Å². The Balaban J connectivity index is 0.000000509. The van der Waals surface area contributed by atoms with Gasteiger partial charge in [-0.3, -0.25) is 9.48 Å². The van der Waals surface area contributed by atoms with E-state index in [9.17, 15) is 18.0 Å². The second-order valence-electron chi connectivity index (χ2n) is 6.31. The number of aromatic nitrogens is 2. The minimum Gasteiger partial charge on any atom is -0.492 e.